The normalized spacial score (nSPS) is 18.5. The zero-order valence-electron chi connectivity index (χ0n) is 25.5. The predicted molar refractivity (Wildman–Crippen MR) is 156 cm³/mol. The lowest BCUT2D eigenvalue weighted by atomic mass is 9.61. The molecule has 10 heteroatoms. The molecule has 0 bridgehead atoms. The second-order valence-electron chi connectivity index (χ2n) is 12.5. The summed E-state index contributed by atoms with van der Waals surface area (Å²) in [6.45, 7) is 16.0. The second kappa shape index (κ2) is 11.4. The van der Waals surface area contributed by atoms with E-state index < -0.39 is 11.0 Å². The zero-order valence-corrected chi connectivity index (χ0v) is 25.5. The number of carbonyl (C=O) groups is 2. The smallest absolute Gasteiger partial charge is 0.410 e. The molecule has 3 N–H and O–H groups in total. The molecule has 0 radical (unpaired) electrons. The first-order chi connectivity index (χ1) is 19.7. The lowest BCUT2D eigenvalue weighted by Crippen LogP contribution is -2.51. The van der Waals surface area contributed by atoms with Gasteiger partial charge in [-0.25, -0.2) is 4.79 Å². The molecular weight excluding hydrogens is 534 g/mol. The number of aryl methyl sites for hydroxylation is 1. The van der Waals surface area contributed by atoms with Crippen molar-refractivity contribution in [2.24, 2.45) is 23.5 Å². The van der Waals surface area contributed by atoms with Gasteiger partial charge in [0.25, 0.3) is 0 Å². The summed E-state index contributed by atoms with van der Waals surface area (Å²) in [6, 6.07) is 8.05. The van der Waals surface area contributed by atoms with Gasteiger partial charge in [-0.05, 0) is 56.9 Å². The third kappa shape index (κ3) is 5.80. The van der Waals surface area contributed by atoms with Crippen molar-refractivity contribution in [1.82, 2.24) is 15.1 Å². The Hall–Kier alpha value is -4.44. The highest BCUT2D eigenvalue weighted by Crippen LogP contribution is 2.52. The third-order valence-electron chi connectivity index (χ3n) is 7.39. The quantitative estimate of drug-likeness (QED) is 0.388. The molecule has 2 aliphatic heterocycles. The number of aromatic nitrogens is 2. The van der Waals surface area contributed by atoms with Crippen LogP contribution in [0.4, 0.5) is 4.79 Å². The minimum absolute atomic E-state index is 0.00817. The standard InChI is InChI=1S/C32H39N5O5/c1-18(2)29(38)40-17-23-11-21(9-10-22-15-37(16-22)30(39)42-31(6,7)8)12-24(13-23)32(19(3)4)25(14-33)27(34)41-28-26(32)20(5)35-36-28/h11-13,18-19,22H,15-17,34H2,1-8H3,(H,35,36). The number of rotatable bonds is 5. The summed E-state index contributed by atoms with van der Waals surface area (Å²) >= 11 is 0. The molecule has 0 saturated carbocycles. The molecule has 1 amide bonds. The molecule has 10 nitrogen and oxygen atoms in total. The molecule has 3 heterocycles. The van der Waals surface area contributed by atoms with Crippen molar-refractivity contribution in [2.45, 2.75) is 73.0 Å². The largest absolute Gasteiger partial charge is 0.461 e. The van der Waals surface area contributed by atoms with Crippen LogP contribution in [0.25, 0.3) is 0 Å². The summed E-state index contributed by atoms with van der Waals surface area (Å²) in [5, 5.41) is 17.6. The van der Waals surface area contributed by atoms with Gasteiger partial charge < -0.3 is 24.8 Å². The first kappa shape index (κ1) is 30.5. The number of allylic oxidation sites excluding steroid dienone is 1. The fourth-order valence-corrected chi connectivity index (χ4v) is 5.39. The van der Waals surface area contributed by atoms with Gasteiger partial charge in [0.1, 0.15) is 23.9 Å². The summed E-state index contributed by atoms with van der Waals surface area (Å²) in [4.78, 5) is 26.3. The summed E-state index contributed by atoms with van der Waals surface area (Å²) in [5.41, 5.74) is 8.67. The summed E-state index contributed by atoms with van der Waals surface area (Å²) in [7, 11) is 0. The molecular formula is C32H39N5O5. The highest BCUT2D eigenvalue weighted by molar-refractivity contribution is 5.71. The van der Waals surface area contributed by atoms with Gasteiger partial charge >= 0.3 is 12.1 Å². The Morgan fingerprint density at radius 2 is 1.93 bits per heavy atom. The van der Waals surface area contributed by atoms with E-state index in [1.165, 1.54) is 0 Å². The van der Waals surface area contributed by atoms with Gasteiger partial charge in [0.05, 0.1) is 22.8 Å². The maximum Gasteiger partial charge on any atom is 0.410 e. The van der Waals surface area contributed by atoms with Crippen LogP contribution in [-0.2, 0) is 26.3 Å². The SMILES string of the molecule is Cc1[nH]nc2c1C(c1cc(C#CC3CN(C(=O)OC(C)(C)C)C3)cc(COC(=O)C(C)C)c1)(C(C)C)C(C#N)=C(N)O2. The highest BCUT2D eigenvalue weighted by Gasteiger charge is 2.50. The maximum absolute atomic E-state index is 12.3. The molecule has 2 aromatic rings. The third-order valence-corrected chi connectivity index (χ3v) is 7.39. The van der Waals surface area contributed by atoms with E-state index in [-0.39, 0.29) is 47.9 Å². The lowest BCUT2D eigenvalue weighted by molar-refractivity contribution is -0.148. The number of likely N-dealkylation sites (tertiary alicyclic amines) is 1. The van der Waals surface area contributed by atoms with Gasteiger partial charge in [0.15, 0.2) is 0 Å². The minimum Gasteiger partial charge on any atom is -0.461 e. The van der Waals surface area contributed by atoms with Crippen molar-refractivity contribution in [2.75, 3.05) is 13.1 Å². The molecule has 1 saturated heterocycles. The Kier molecular flexibility index (Phi) is 8.31. The van der Waals surface area contributed by atoms with E-state index in [1.54, 1.807) is 18.7 Å². The number of nitrogens with zero attached hydrogens (tertiary/aromatic N) is 3. The van der Waals surface area contributed by atoms with Gasteiger partial charge in [-0.2, -0.15) is 5.26 Å². The second-order valence-corrected chi connectivity index (χ2v) is 12.5. The van der Waals surface area contributed by atoms with E-state index in [9.17, 15) is 14.9 Å². The summed E-state index contributed by atoms with van der Waals surface area (Å²) in [5.74, 6) is 6.09. The van der Waals surface area contributed by atoms with Crippen LogP contribution in [0.15, 0.2) is 29.7 Å². The van der Waals surface area contributed by atoms with Crippen LogP contribution < -0.4 is 10.5 Å². The number of esters is 1. The number of nitrogens with two attached hydrogens (primary N) is 1. The number of fused-ring (bicyclic) bond motifs is 1. The van der Waals surface area contributed by atoms with E-state index in [0.717, 1.165) is 22.4 Å². The number of nitrogens with one attached hydrogen (secondary N) is 1. The Labute approximate surface area is 247 Å². The molecule has 4 rings (SSSR count). The minimum atomic E-state index is -0.998. The van der Waals surface area contributed by atoms with Crippen molar-refractivity contribution >= 4 is 12.1 Å². The fourth-order valence-electron chi connectivity index (χ4n) is 5.39. The van der Waals surface area contributed by atoms with E-state index >= 15 is 0 Å². The maximum atomic E-state index is 12.3. The molecule has 1 atom stereocenters. The number of hydrogen-bond acceptors (Lipinski definition) is 8. The van der Waals surface area contributed by atoms with Gasteiger partial charge in [0.2, 0.25) is 11.8 Å². The molecule has 1 fully saturated rings. The number of benzene rings is 1. The van der Waals surface area contributed by atoms with Gasteiger partial charge in [-0.1, -0.05) is 45.6 Å². The summed E-state index contributed by atoms with van der Waals surface area (Å²) in [6.07, 6.45) is -0.352. The molecule has 222 valence electrons. The number of hydrogen-bond donors (Lipinski definition) is 2. The number of nitriles is 1. The lowest BCUT2D eigenvalue weighted by Gasteiger charge is -2.41. The average Bonchev–Trinajstić information content (AvgIpc) is 3.24. The van der Waals surface area contributed by atoms with Crippen molar-refractivity contribution in [3.63, 3.8) is 0 Å². The Morgan fingerprint density at radius 1 is 1.24 bits per heavy atom. The van der Waals surface area contributed by atoms with Gasteiger partial charge in [-0.3, -0.25) is 9.89 Å². The first-order valence-corrected chi connectivity index (χ1v) is 14.1. The number of H-pyrrole nitrogens is 1. The van der Waals surface area contributed by atoms with Crippen molar-refractivity contribution < 1.29 is 23.8 Å². The van der Waals surface area contributed by atoms with E-state index in [2.05, 4.69) is 28.1 Å². The molecule has 0 spiro atoms. The Bertz CT molecular complexity index is 1520. The molecule has 0 aliphatic carbocycles. The van der Waals surface area contributed by atoms with Crippen molar-refractivity contribution in [3.05, 3.63) is 57.6 Å². The van der Waals surface area contributed by atoms with Crippen LogP contribution in [0.3, 0.4) is 0 Å². The summed E-state index contributed by atoms with van der Waals surface area (Å²) < 4.78 is 16.8. The number of amides is 1. The number of carbonyl (C=O) groups excluding carboxylic acids is 2. The van der Waals surface area contributed by atoms with E-state index in [4.69, 9.17) is 19.9 Å². The van der Waals surface area contributed by atoms with E-state index in [0.29, 0.717) is 24.5 Å². The van der Waals surface area contributed by atoms with Crippen molar-refractivity contribution in [1.29, 1.82) is 5.26 Å². The predicted octanol–water partition coefficient (Wildman–Crippen LogP) is 4.66. The van der Waals surface area contributed by atoms with Gasteiger partial charge in [0, 0.05) is 24.3 Å². The van der Waals surface area contributed by atoms with Crippen LogP contribution in [0.2, 0.25) is 0 Å². The average molecular weight is 574 g/mol. The molecule has 1 unspecified atom stereocenters. The first-order valence-electron chi connectivity index (χ1n) is 14.1. The molecule has 2 aliphatic rings. The van der Waals surface area contributed by atoms with E-state index in [1.807, 2.05) is 59.7 Å². The fraction of sp³-hybridized carbons (Fsp3) is 0.500. The van der Waals surface area contributed by atoms with Crippen LogP contribution in [0, 0.1) is 47.8 Å². The highest BCUT2D eigenvalue weighted by atomic mass is 16.6. The van der Waals surface area contributed by atoms with Crippen LogP contribution in [-0.4, -0.2) is 45.9 Å². The van der Waals surface area contributed by atoms with Crippen molar-refractivity contribution in [3.8, 4) is 23.8 Å². The molecule has 42 heavy (non-hydrogen) atoms. The van der Waals surface area contributed by atoms with Crippen LogP contribution >= 0.6 is 0 Å². The Balaban J connectivity index is 1.77. The number of ether oxygens (including phenoxy) is 3. The van der Waals surface area contributed by atoms with Crippen LogP contribution in [0.5, 0.6) is 5.88 Å². The molecule has 1 aromatic heterocycles. The van der Waals surface area contributed by atoms with Gasteiger partial charge in [-0.15, -0.1) is 5.10 Å². The molecule has 1 aromatic carbocycles. The number of aromatic amines is 1. The monoisotopic (exact) mass is 573 g/mol. The topological polar surface area (TPSA) is 144 Å². The zero-order chi connectivity index (χ0) is 31.0. The Morgan fingerprint density at radius 3 is 2.52 bits per heavy atom. The van der Waals surface area contributed by atoms with Crippen LogP contribution in [0.1, 0.15) is 76.4 Å².